The molecule has 22 heavy (non-hydrogen) atoms. The van der Waals surface area contributed by atoms with Crippen molar-refractivity contribution in [2.24, 2.45) is 11.8 Å². The molecule has 2 atom stereocenters. The van der Waals surface area contributed by atoms with E-state index in [0.29, 0.717) is 0 Å². The minimum atomic E-state index is -0.0266. The summed E-state index contributed by atoms with van der Waals surface area (Å²) in [7, 11) is 0. The van der Waals surface area contributed by atoms with Gasteiger partial charge in [0.2, 0.25) is 11.8 Å². The Bertz CT molecular complexity index is 546. The highest BCUT2D eigenvalue weighted by Crippen LogP contribution is 2.30. The Kier molecular flexibility index (Phi) is 4.43. The van der Waals surface area contributed by atoms with Crippen molar-refractivity contribution < 1.29 is 9.59 Å². The van der Waals surface area contributed by atoms with Gasteiger partial charge in [-0.2, -0.15) is 0 Å². The predicted molar refractivity (Wildman–Crippen MR) is 85.3 cm³/mol. The van der Waals surface area contributed by atoms with Crippen molar-refractivity contribution in [1.29, 1.82) is 0 Å². The van der Waals surface area contributed by atoms with Crippen LogP contribution in [0.5, 0.6) is 0 Å². The Morgan fingerprint density at radius 3 is 2.41 bits per heavy atom. The number of hydrogen-bond donors (Lipinski definition) is 3. The molecule has 0 spiro atoms. The van der Waals surface area contributed by atoms with E-state index in [4.69, 9.17) is 0 Å². The zero-order chi connectivity index (χ0) is 15.5. The van der Waals surface area contributed by atoms with Crippen LogP contribution in [0.25, 0.3) is 0 Å². The maximum absolute atomic E-state index is 12.1. The van der Waals surface area contributed by atoms with E-state index in [1.807, 2.05) is 31.2 Å². The van der Waals surface area contributed by atoms with E-state index < -0.39 is 0 Å². The third-order valence-corrected chi connectivity index (χ3v) is 4.42. The predicted octanol–water partition coefficient (Wildman–Crippen LogP) is 1.82. The smallest absolute Gasteiger partial charge is 0.227 e. The molecule has 2 unspecified atom stereocenters. The highest BCUT2D eigenvalue weighted by molar-refractivity contribution is 5.94. The van der Waals surface area contributed by atoms with Crippen molar-refractivity contribution in [3.05, 3.63) is 29.8 Å². The molecule has 1 aromatic carbocycles. The van der Waals surface area contributed by atoms with Gasteiger partial charge in [-0.1, -0.05) is 12.1 Å². The highest BCUT2D eigenvalue weighted by atomic mass is 16.2. The molecular formula is C17H23N3O2. The second kappa shape index (κ2) is 6.48. The summed E-state index contributed by atoms with van der Waals surface area (Å²) in [5.41, 5.74) is 1.86. The van der Waals surface area contributed by atoms with E-state index in [-0.39, 0.29) is 29.7 Å². The largest absolute Gasteiger partial charge is 0.349 e. The maximum Gasteiger partial charge on any atom is 0.227 e. The van der Waals surface area contributed by atoms with Gasteiger partial charge >= 0.3 is 0 Å². The Morgan fingerprint density at radius 2 is 1.82 bits per heavy atom. The van der Waals surface area contributed by atoms with Crippen LogP contribution in [-0.4, -0.2) is 24.9 Å². The van der Waals surface area contributed by atoms with Crippen LogP contribution in [-0.2, 0) is 9.59 Å². The molecule has 2 amide bonds. The number of carbonyl (C=O) groups is 2. The van der Waals surface area contributed by atoms with Crippen LogP contribution in [0.3, 0.4) is 0 Å². The Balaban J connectivity index is 1.54. The zero-order valence-electron chi connectivity index (χ0n) is 12.9. The molecule has 1 aromatic rings. The number of carbonyl (C=O) groups excluding carboxylic acids is 2. The fourth-order valence-electron chi connectivity index (χ4n) is 2.74. The lowest BCUT2D eigenvalue weighted by Crippen LogP contribution is -2.33. The van der Waals surface area contributed by atoms with Crippen LogP contribution in [0.2, 0.25) is 0 Å². The molecule has 3 rings (SSSR count). The summed E-state index contributed by atoms with van der Waals surface area (Å²) in [6, 6.07) is 7.69. The molecule has 5 nitrogen and oxygen atoms in total. The van der Waals surface area contributed by atoms with E-state index in [1.54, 1.807) is 0 Å². The first-order valence-electron chi connectivity index (χ1n) is 8.05. The SMILES string of the molecule is CC(NC(=O)C1CCNC1)c1ccc(NC(=O)C2CC2)cc1. The first-order chi connectivity index (χ1) is 10.6. The van der Waals surface area contributed by atoms with Crippen LogP contribution in [0, 0.1) is 11.8 Å². The Morgan fingerprint density at radius 1 is 1.09 bits per heavy atom. The molecule has 2 aliphatic rings. The van der Waals surface area contributed by atoms with Gasteiger partial charge in [0.05, 0.1) is 12.0 Å². The summed E-state index contributed by atoms with van der Waals surface area (Å²) < 4.78 is 0. The zero-order valence-corrected chi connectivity index (χ0v) is 12.9. The summed E-state index contributed by atoms with van der Waals surface area (Å²) in [6.07, 6.45) is 2.91. The molecule has 1 aliphatic heterocycles. The standard InChI is InChI=1S/C17H23N3O2/c1-11(19-17(22)14-8-9-18-10-14)12-4-6-15(7-5-12)20-16(21)13-2-3-13/h4-7,11,13-14,18H,2-3,8-10H2,1H3,(H,19,22)(H,20,21). The summed E-state index contributed by atoms with van der Waals surface area (Å²) in [5.74, 6) is 0.518. The highest BCUT2D eigenvalue weighted by Gasteiger charge is 2.29. The van der Waals surface area contributed by atoms with Crippen molar-refractivity contribution in [3.8, 4) is 0 Å². The lowest BCUT2D eigenvalue weighted by Gasteiger charge is -2.17. The van der Waals surface area contributed by atoms with Crippen molar-refractivity contribution in [2.45, 2.75) is 32.2 Å². The normalized spacial score (nSPS) is 22.1. The molecule has 118 valence electrons. The number of rotatable bonds is 5. The van der Waals surface area contributed by atoms with E-state index in [1.165, 1.54) is 0 Å². The van der Waals surface area contributed by atoms with Gasteiger partial charge in [0.25, 0.3) is 0 Å². The molecule has 0 radical (unpaired) electrons. The maximum atomic E-state index is 12.1. The molecule has 2 fully saturated rings. The second-order valence-electron chi connectivity index (χ2n) is 6.31. The molecule has 5 heteroatoms. The number of hydrogen-bond acceptors (Lipinski definition) is 3. The number of nitrogens with one attached hydrogen (secondary N) is 3. The third-order valence-electron chi connectivity index (χ3n) is 4.42. The van der Waals surface area contributed by atoms with Gasteiger partial charge in [0, 0.05) is 18.2 Å². The molecular weight excluding hydrogens is 278 g/mol. The fourth-order valence-corrected chi connectivity index (χ4v) is 2.74. The first kappa shape index (κ1) is 15.0. The molecule has 0 bridgehead atoms. The van der Waals surface area contributed by atoms with Gasteiger partial charge in [-0.25, -0.2) is 0 Å². The van der Waals surface area contributed by atoms with Crippen LogP contribution < -0.4 is 16.0 Å². The fraction of sp³-hybridized carbons (Fsp3) is 0.529. The molecule has 1 saturated carbocycles. The molecule has 1 aliphatic carbocycles. The molecule has 0 aromatic heterocycles. The van der Waals surface area contributed by atoms with Gasteiger partial charge in [0.15, 0.2) is 0 Å². The monoisotopic (exact) mass is 301 g/mol. The lowest BCUT2D eigenvalue weighted by atomic mass is 10.0. The van der Waals surface area contributed by atoms with Crippen LogP contribution in [0.4, 0.5) is 5.69 Å². The van der Waals surface area contributed by atoms with Gasteiger partial charge in [0.1, 0.15) is 0 Å². The van der Waals surface area contributed by atoms with Crippen LogP contribution in [0.1, 0.15) is 37.8 Å². The minimum Gasteiger partial charge on any atom is -0.349 e. The van der Waals surface area contributed by atoms with Crippen LogP contribution in [0.15, 0.2) is 24.3 Å². The number of benzene rings is 1. The van der Waals surface area contributed by atoms with Gasteiger partial charge in [-0.05, 0) is 50.4 Å². The topological polar surface area (TPSA) is 70.2 Å². The van der Waals surface area contributed by atoms with Gasteiger partial charge < -0.3 is 16.0 Å². The molecule has 3 N–H and O–H groups in total. The average Bonchev–Trinajstić information content (AvgIpc) is 3.22. The van der Waals surface area contributed by atoms with E-state index in [9.17, 15) is 9.59 Å². The second-order valence-corrected chi connectivity index (χ2v) is 6.31. The van der Waals surface area contributed by atoms with E-state index in [0.717, 1.165) is 43.6 Å². The van der Waals surface area contributed by atoms with Crippen LogP contribution >= 0.6 is 0 Å². The number of amides is 2. The third kappa shape index (κ3) is 3.65. The van der Waals surface area contributed by atoms with Gasteiger partial charge in [-0.3, -0.25) is 9.59 Å². The van der Waals surface area contributed by atoms with Crippen molar-refractivity contribution in [2.75, 3.05) is 18.4 Å². The van der Waals surface area contributed by atoms with Gasteiger partial charge in [-0.15, -0.1) is 0 Å². The Labute approximate surface area is 130 Å². The molecule has 1 heterocycles. The van der Waals surface area contributed by atoms with E-state index >= 15 is 0 Å². The summed E-state index contributed by atoms with van der Waals surface area (Å²) in [6.45, 7) is 3.67. The minimum absolute atomic E-state index is 0.0266. The number of anilines is 1. The van der Waals surface area contributed by atoms with Crippen molar-refractivity contribution >= 4 is 17.5 Å². The summed E-state index contributed by atoms with van der Waals surface area (Å²) >= 11 is 0. The van der Waals surface area contributed by atoms with Crippen molar-refractivity contribution in [3.63, 3.8) is 0 Å². The Hall–Kier alpha value is -1.88. The average molecular weight is 301 g/mol. The quantitative estimate of drug-likeness (QED) is 0.777. The van der Waals surface area contributed by atoms with E-state index in [2.05, 4.69) is 16.0 Å². The first-order valence-corrected chi connectivity index (χ1v) is 8.05. The summed E-state index contributed by atoms with van der Waals surface area (Å²) in [4.78, 5) is 23.8. The molecule has 1 saturated heterocycles. The van der Waals surface area contributed by atoms with Crippen molar-refractivity contribution in [1.82, 2.24) is 10.6 Å². The summed E-state index contributed by atoms with van der Waals surface area (Å²) in [5, 5.41) is 9.19. The lowest BCUT2D eigenvalue weighted by molar-refractivity contribution is -0.125.